The highest BCUT2D eigenvalue weighted by Crippen LogP contribution is 2.32. The lowest BCUT2D eigenvalue weighted by Crippen LogP contribution is -2.46. The van der Waals surface area contributed by atoms with Crippen LogP contribution >= 0.6 is 11.3 Å². The number of anilines is 5. The number of aryl methyl sites for hydroxylation is 3. The first-order valence-electron chi connectivity index (χ1n) is 11.6. The Hall–Kier alpha value is -2.71. The first-order valence-corrected chi connectivity index (χ1v) is 12.4. The Kier molecular flexibility index (Phi) is 6.23. The quantitative estimate of drug-likeness (QED) is 0.563. The molecule has 0 saturated carbocycles. The number of hydrogen-bond donors (Lipinski definition) is 2. The Morgan fingerprint density at radius 3 is 2.50 bits per heavy atom. The summed E-state index contributed by atoms with van der Waals surface area (Å²) >= 11 is 1.75. The summed E-state index contributed by atoms with van der Waals surface area (Å²) < 4.78 is 0. The number of benzene rings is 1. The van der Waals surface area contributed by atoms with Crippen molar-refractivity contribution in [1.82, 2.24) is 19.9 Å². The van der Waals surface area contributed by atoms with Crippen molar-refractivity contribution in [2.24, 2.45) is 0 Å². The average Bonchev–Trinajstić information content (AvgIpc) is 3.24. The number of hydrogen-bond acceptors (Lipinski definition) is 8. The lowest BCUT2D eigenvalue weighted by atomic mass is 10.0. The van der Waals surface area contributed by atoms with Gasteiger partial charge in [0.05, 0.1) is 5.69 Å². The molecule has 2 N–H and O–H groups in total. The van der Waals surface area contributed by atoms with E-state index in [2.05, 4.69) is 56.6 Å². The smallest absolute Gasteiger partial charge is 0.229 e. The van der Waals surface area contributed by atoms with Crippen LogP contribution in [0.2, 0.25) is 0 Å². The van der Waals surface area contributed by atoms with Crippen LogP contribution in [0.3, 0.4) is 0 Å². The van der Waals surface area contributed by atoms with Crippen molar-refractivity contribution in [2.75, 3.05) is 48.3 Å². The Balaban J connectivity index is 1.25. The van der Waals surface area contributed by atoms with E-state index in [0.717, 1.165) is 67.8 Å². The van der Waals surface area contributed by atoms with Gasteiger partial charge in [-0.2, -0.15) is 4.98 Å². The van der Waals surface area contributed by atoms with Crippen LogP contribution in [0.5, 0.6) is 0 Å². The summed E-state index contributed by atoms with van der Waals surface area (Å²) in [7, 11) is 0. The molecule has 1 aliphatic heterocycles. The van der Waals surface area contributed by atoms with Crippen LogP contribution in [0, 0.1) is 6.92 Å². The van der Waals surface area contributed by atoms with Crippen molar-refractivity contribution < 1.29 is 0 Å². The summed E-state index contributed by atoms with van der Waals surface area (Å²) in [6.45, 7) is 9.81. The lowest BCUT2D eigenvalue weighted by molar-refractivity contribution is 0.271. The number of aromatic nitrogens is 3. The van der Waals surface area contributed by atoms with E-state index in [4.69, 9.17) is 9.97 Å². The van der Waals surface area contributed by atoms with Crippen molar-refractivity contribution >= 4 is 39.6 Å². The molecule has 8 heteroatoms. The molecule has 0 atom stereocenters. The maximum Gasteiger partial charge on any atom is 0.229 e. The van der Waals surface area contributed by atoms with E-state index in [1.807, 2.05) is 13.1 Å². The van der Waals surface area contributed by atoms with Gasteiger partial charge in [0, 0.05) is 54.2 Å². The molecule has 0 bridgehead atoms. The Labute approximate surface area is 193 Å². The molecule has 168 valence electrons. The molecule has 3 aromatic rings. The van der Waals surface area contributed by atoms with E-state index >= 15 is 0 Å². The molecule has 1 aliphatic carbocycles. The largest absolute Gasteiger partial charge is 0.369 e. The lowest BCUT2D eigenvalue weighted by Gasteiger charge is -2.35. The Morgan fingerprint density at radius 1 is 0.969 bits per heavy atom. The van der Waals surface area contributed by atoms with E-state index in [1.54, 1.807) is 11.3 Å². The highest BCUT2D eigenvalue weighted by Gasteiger charge is 2.17. The van der Waals surface area contributed by atoms with Crippen LogP contribution in [0.15, 0.2) is 30.5 Å². The van der Waals surface area contributed by atoms with Gasteiger partial charge in [-0.05, 0) is 63.4 Å². The molecule has 1 aromatic carbocycles. The summed E-state index contributed by atoms with van der Waals surface area (Å²) in [5.74, 6) is 1.39. The molecule has 0 unspecified atom stereocenters. The van der Waals surface area contributed by atoms with E-state index < -0.39 is 0 Å². The number of nitrogens with one attached hydrogen (secondary N) is 2. The molecule has 2 aliphatic rings. The third kappa shape index (κ3) is 4.71. The highest BCUT2D eigenvalue weighted by atomic mass is 32.1. The predicted molar refractivity (Wildman–Crippen MR) is 133 cm³/mol. The number of nitrogens with zero attached hydrogens (tertiary/aromatic N) is 5. The molecule has 1 saturated heterocycles. The molecule has 1 fully saturated rings. The van der Waals surface area contributed by atoms with E-state index in [9.17, 15) is 0 Å². The fourth-order valence-corrected chi connectivity index (χ4v) is 5.39. The number of piperazine rings is 1. The van der Waals surface area contributed by atoms with Gasteiger partial charge in [-0.15, -0.1) is 11.3 Å². The third-order valence-electron chi connectivity index (χ3n) is 6.35. The van der Waals surface area contributed by atoms with Crippen molar-refractivity contribution in [3.8, 4) is 0 Å². The fourth-order valence-electron chi connectivity index (χ4n) is 4.34. The van der Waals surface area contributed by atoms with Gasteiger partial charge in [-0.3, -0.25) is 0 Å². The van der Waals surface area contributed by atoms with Crippen LogP contribution < -0.4 is 15.5 Å². The minimum atomic E-state index is 0.587. The summed E-state index contributed by atoms with van der Waals surface area (Å²) in [4.78, 5) is 20.3. The summed E-state index contributed by atoms with van der Waals surface area (Å²) in [5, 5.41) is 7.70. The number of thiazole rings is 1. The molecule has 2 aromatic heterocycles. The zero-order chi connectivity index (χ0) is 21.9. The molecular weight excluding hydrogens is 418 g/mol. The van der Waals surface area contributed by atoms with Crippen molar-refractivity contribution in [2.45, 2.75) is 39.5 Å². The first-order chi connectivity index (χ1) is 15.7. The van der Waals surface area contributed by atoms with E-state index in [-0.39, 0.29) is 0 Å². The van der Waals surface area contributed by atoms with Gasteiger partial charge < -0.3 is 20.4 Å². The average molecular weight is 450 g/mol. The summed E-state index contributed by atoms with van der Waals surface area (Å²) in [6, 6.07) is 8.56. The summed E-state index contributed by atoms with van der Waals surface area (Å²) in [6.07, 6.45) is 6.60. The molecule has 3 heterocycles. The zero-order valence-electron chi connectivity index (χ0n) is 18.9. The second-order valence-corrected chi connectivity index (χ2v) is 9.62. The molecule has 0 radical (unpaired) electrons. The predicted octanol–water partition coefficient (Wildman–Crippen LogP) is 4.75. The van der Waals surface area contributed by atoms with E-state index in [1.165, 1.54) is 29.1 Å². The minimum absolute atomic E-state index is 0.587. The zero-order valence-corrected chi connectivity index (χ0v) is 19.7. The number of fused-ring (bicyclic) bond motifs is 1. The number of likely N-dealkylation sites (N-methyl/N-ethyl adjacent to an activating group) is 1. The van der Waals surface area contributed by atoms with Crippen LogP contribution in [0.4, 0.5) is 28.3 Å². The third-order valence-corrected chi connectivity index (χ3v) is 7.42. The van der Waals surface area contributed by atoms with Crippen LogP contribution in [0.1, 0.15) is 35.9 Å². The Bertz CT molecular complexity index is 1030. The SMILES string of the molecule is CCN1CCN(c2ccc(Nc3ncc(C)c(Nc4nc5c(s4)CCCC5)n3)cc2)CC1. The monoisotopic (exact) mass is 449 g/mol. The van der Waals surface area contributed by atoms with Crippen molar-refractivity contribution in [3.63, 3.8) is 0 Å². The van der Waals surface area contributed by atoms with E-state index in [0.29, 0.717) is 5.95 Å². The van der Waals surface area contributed by atoms with Gasteiger partial charge in [-0.1, -0.05) is 6.92 Å². The second-order valence-electron chi connectivity index (χ2n) is 8.54. The first kappa shape index (κ1) is 21.2. The molecular formula is C24H31N7S. The van der Waals surface area contributed by atoms with Gasteiger partial charge >= 0.3 is 0 Å². The van der Waals surface area contributed by atoms with Crippen LogP contribution in [-0.2, 0) is 12.8 Å². The maximum atomic E-state index is 4.78. The van der Waals surface area contributed by atoms with Gasteiger partial charge in [0.25, 0.3) is 0 Å². The van der Waals surface area contributed by atoms with Crippen molar-refractivity contribution in [3.05, 3.63) is 46.6 Å². The second kappa shape index (κ2) is 9.42. The van der Waals surface area contributed by atoms with Gasteiger partial charge in [0.1, 0.15) is 5.82 Å². The van der Waals surface area contributed by atoms with Crippen LogP contribution in [-0.4, -0.2) is 52.6 Å². The molecule has 5 rings (SSSR count). The molecule has 7 nitrogen and oxygen atoms in total. The van der Waals surface area contributed by atoms with Gasteiger partial charge in [0.15, 0.2) is 5.13 Å². The number of rotatable bonds is 6. The minimum Gasteiger partial charge on any atom is -0.369 e. The summed E-state index contributed by atoms with van der Waals surface area (Å²) in [5.41, 5.74) is 4.52. The topological polar surface area (TPSA) is 69.2 Å². The standard InChI is InChI=1S/C24H31N7S/c1-3-30-12-14-31(15-13-30)19-10-8-18(9-11-19)26-23-25-16-17(2)22(28-23)29-24-27-20-6-4-5-7-21(20)32-24/h8-11,16H,3-7,12-15H2,1-2H3,(H2,25,26,27,28,29). The molecule has 0 amide bonds. The van der Waals surface area contributed by atoms with Gasteiger partial charge in [0.2, 0.25) is 5.95 Å². The highest BCUT2D eigenvalue weighted by molar-refractivity contribution is 7.15. The molecule has 32 heavy (non-hydrogen) atoms. The fraction of sp³-hybridized carbons (Fsp3) is 0.458. The van der Waals surface area contributed by atoms with Crippen molar-refractivity contribution in [1.29, 1.82) is 0 Å². The Morgan fingerprint density at radius 2 is 1.75 bits per heavy atom. The normalized spacial score (nSPS) is 16.6. The molecule has 0 spiro atoms. The van der Waals surface area contributed by atoms with Crippen LogP contribution in [0.25, 0.3) is 0 Å². The van der Waals surface area contributed by atoms with Gasteiger partial charge in [-0.25, -0.2) is 9.97 Å². The maximum absolute atomic E-state index is 4.78.